The fraction of sp³-hybridized carbons (Fsp3) is 0.333. The molecule has 9 nitrogen and oxygen atoms in total. The topological polar surface area (TPSA) is 133 Å². The monoisotopic (exact) mass is 725 g/mol. The predicted octanol–water partition coefficient (Wildman–Crippen LogP) is 6.57. The van der Waals surface area contributed by atoms with Gasteiger partial charge in [0.15, 0.2) is 0 Å². The van der Waals surface area contributed by atoms with Crippen LogP contribution in [0.2, 0.25) is 0 Å². The van der Waals surface area contributed by atoms with Crippen molar-refractivity contribution in [3.05, 3.63) is 125 Å². The molecule has 1 atom stereocenters. The number of para-hydroxylation sites is 1. The first-order valence-electron chi connectivity index (χ1n) is 17.8. The first kappa shape index (κ1) is 40.0. The highest BCUT2D eigenvalue weighted by molar-refractivity contribution is 7.85. The molecule has 3 N–H and O–H groups in total. The predicted molar refractivity (Wildman–Crippen MR) is 208 cm³/mol. The van der Waals surface area contributed by atoms with Gasteiger partial charge in [-0.25, -0.2) is 8.42 Å². The highest BCUT2D eigenvalue weighted by Crippen LogP contribution is 2.30. The fourth-order valence-electron chi connectivity index (χ4n) is 5.82. The number of amides is 2. The van der Waals surface area contributed by atoms with E-state index in [9.17, 15) is 22.6 Å². The lowest BCUT2D eigenvalue weighted by molar-refractivity contribution is -0.894. The van der Waals surface area contributed by atoms with Gasteiger partial charge >= 0.3 is 0 Å². The van der Waals surface area contributed by atoms with Gasteiger partial charge in [0.05, 0.1) is 41.4 Å². The van der Waals surface area contributed by atoms with Crippen LogP contribution < -0.4 is 15.5 Å². The van der Waals surface area contributed by atoms with Crippen LogP contribution in [0.15, 0.2) is 108 Å². The summed E-state index contributed by atoms with van der Waals surface area (Å²) in [5, 5.41) is 6.53. The van der Waals surface area contributed by atoms with E-state index < -0.39 is 27.7 Å². The Morgan fingerprint density at radius 2 is 1.44 bits per heavy atom. The zero-order valence-corrected chi connectivity index (χ0v) is 31.8. The summed E-state index contributed by atoms with van der Waals surface area (Å²) in [5.74, 6) is -1.10. The zero-order valence-electron chi connectivity index (χ0n) is 31.0. The van der Waals surface area contributed by atoms with Gasteiger partial charge in [0.2, 0.25) is 5.91 Å². The van der Waals surface area contributed by atoms with Gasteiger partial charge in [-0.1, -0.05) is 75.4 Å². The molecule has 1 aromatic heterocycles. The van der Waals surface area contributed by atoms with Crippen molar-refractivity contribution in [3.8, 4) is 11.3 Å². The third-order valence-corrected chi connectivity index (χ3v) is 9.86. The number of quaternary nitrogens is 1. The van der Waals surface area contributed by atoms with Crippen LogP contribution in [0.25, 0.3) is 22.3 Å². The second kappa shape index (κ2) is 18.1. The maximum absolute atomic E-state index is 13.8. The Kier molecular flexibility index (Phi) is 13.9. The second-order valence-corrected chi connectivity index (χ2v) is 15.4. The quantitative estimate of drug-likeness (QED) is 0.118. The van der Waals surface area contributed by atoms with E-state index in [1.54, 1.807) is 29.2 Å². The Morgan fingerprint density at radius 1 is 0.827 bits per heavy atom. The SMILES string of the molecule is CC(C)(C)c1ccc(C(Cc2ccc(C(=O)NCCS(=O)(=O)[O-])cc2)C(=O)Nc2ccc(-c3cc4ccccc4o3)cc2)cc1.CC[NH+](CC)CC. The number of hydrogen-bond donors (Lipinski definition) is 3. The summed E-state index contributed by atoms with van der Waals surface area (Å²) in [7, 11) is -4.42. The van der Waals surface area contributed by atoms with Gasteiger partial charge in [-0.05, 0) is 97.8 Å². The molecule has 0 fully saturated rings. The number of benzene rings is 4. The Hall–Kier alpha value is -4.77. The fourth-order valence-corrected chi connectivity index (χ4v) is 6.17. The van der Waals surface area contributed by atoms with E-state index >= 15 is 0 Å². The number of anilines is 1. The Balaban J connectivity index is 0.000000785. The minimum Gasteiger partial charge on any atom is -0.748 e. The minimum absolute atomic E-state index is 0.0356. The second-order valence-electron chi connectivity index (χ2n) is 13.9. The van der Waals surface area contributed by atoms with Crippen molar-refractivity contribution in [3.63, 3.8) is 0 Å². The highest BCUT2D eigenvalue weighted by Gasteiger charge is 2.23. The van der Waals surface area contributed by atoms with Crippen molar-refractivity contribution in [1.82, 2.24) is 5.32 Å². The first-order valence-corrected chi connectivity index (χ1v) is 19.4. The van der Waals surface area contributed by atoms with Crippen LogP contribution in [0, 0.1) is 0 Å². The molecule has 4 aromatic carbocycles. The number of fused-ring (bicyclic) bond motifs is 1. The van der Waals surface area contributed by atoms with Crippen LogP contribution in [0.3, 0.4) is 0 Å². The molecule has 0 aliphatic rings. The van der Waals surface area contributed by atoms with E-state index in [1.165, 1.54) is 19.6 Å². The smallest absolute Gasteiger partial charge is 0.251 e. The van der Waals surface area contributed by atoms with Gasteiger partial charge in [0.1, 0.15) is 11.3 Å². The largest absolute Gasteiger partial charge is 0.748 e. The number of furan rings is 1. The molecule has 0 aliphatic heterocycles. The van der Waals surface area contributed by atoms with Crippen molar-refractivity contribution in [1.29, 1.82) is 0 Å². The van der Waals surface area contributed by atoms with Gasteiger partial charge in [-0.3, -0.25) is 9.59 Å². The summed E-state index contributed by atoms with van der Waals surface area (Å²) in [4.78, 5) is 27.9. The van der Waals surface area contributed by atoms with E-state index in [-0.39, 0.29) is 17.9 Å². The Morgan fingerprint density at radius 3 is 1.98 bits per heavy atom. The third kappa shape index (κ3) is 11.6. The van der Waals surface area contributed by atoms with Gasteiger partial charge in [0, 0.05) is 28.7 Å². The number of nitrogens with one attached hydrogen (secondary N) is 3. The van der Waals surface area contributed by atoms with Gasteiger partial charge in [-0.2, -0.15) is 0 Å². The Bertz CT molecular complexity index is 1970. The standard InChI is InChI=1S/C36H36N2O6S.C6H15N/c1-36(2,3)29-16-12-25(13-17-29)31(22-24-8-10-27(11-9-24)34(39)37-20-21-45(41,42)43)35(40)38-30-18-14-26(15-19-30)33-23-28-6-4-5-7-32(28)44-33;1-4-7(5-2)6-3/h4-19,23,31H,20-22H2,1-3H3,(H,37,39)(H,38,40)(H,41,42,43);4-6H2,1-3H3. The lowest BCUT2D eigenvalue weighted by atomic mass is 9.84. The molecule has 0 saturated heterocycles. The minimum atomic E-state index is -4.42. The molecule has 10 heteroatoms. The van der Waals surface area contributed by atoms with Crippen molar-refractivity contribution < 1.29 is 31.9 Å². The lowest BCUT2D eigenvalue weighted by Gasteiger charge is -2.22. The molecule has 2 amide bonds. The van der Waals surface area contributed by atoms with Gasteiger partial charge < -0.3 is 24.5 Å². The summed E-state index contributed by atoms with van der Waals surface area (Å²) >= 11 is 0. The van der Waals surface area contributed by atoms with Gasteiger partial charge in [-0.15, -0.1) is 0 Å². The number of carbonyl (C=O) groups excluding carboxylic acids is 2. The average molecular weight is 726 g/mol. The number of hydrogen-bond acceptors (Lipinski definition) is 6. The zero-order chi connectivity index (χ0) is 37.9. The third-order valence-electron chi connectivity index (χ3n) is 9.15. The first-order chi connectivity index (χ1) is 24.7. The molecule has 52 heavy (non-hydrogen) atoms. The number of carbonyl (C=O) groups is 2. The van der Waals surface area contributed by atoms with Crippen molar-refractivity contribution in [2.45, 2.75) is 59.3 Å². The van der Waals surface area contributed by atoms with E-state index in [2.05, 4.69) is 52.2 Å². The van der Waals surface area contributed by atoms with Crippen molar-refractivity contribution in [2.75, 3.05) is 37.2 Å². The summed E-state index contributed by atoms with van der Waals surface area (Å²) < 4.78 is 38.4. The van der Waals surface area contributed by atoms with Crippen LogP contribution in [-0.2, 0) is 26.7 Å². The molecule has 276 valence electrons. The molecule has 0 bridgehead atoms. The highest BCUT2D eigenvalue weighted by atomic mass is 32.2. The van der Waals surface area contributed by atoms with Crippen LogP contribution in [0.4, 0.5) is 5.69 Å². The van der Waals surface area contributed by atoms with E-state index in [1.807, 2.05) is 78.9 Å². The Labute approximate surface area is 308 Å². The van der Waals surface area contributed by atoms with E-state index in [0.29, 0.717) is 17.7 Å². The molecule has 5 rings (SSSR count). The summed E-state index contributed by atoms with van der Waals surface area (Å²) in [6.45, 7) is 16.6. The van der Waals surface area contributed by atoms with Crippen LogP contribution in [0.1, 0.15) is 74.5 Å². The summed E-state index contributed by atoms with van der Waals surface area (Å²) in [6.07, 6.45) is 0.383. The molecule has 0 radical (unpaired) electrons. The normalized spacial score (nSPS) is 12.2. The summed E-state index contributed by atoms with van der Waals surface area (Å²) in [6, 6.07) is 32.2. The molecule has 0 spiro atoms. The average Bonchev–Trinajstić information content (AvgIpc) is 3.56. The number of rotatable bonds is 13. The molecule has 1 unspecified atom stereocenters. The van der Waals surface area contributed by atoms with E-state index in [0.717, 1.165) is 39.0 Å². The molecular weight excluding hydrogens is 675 g/mol. The van der Waals surface area contributed by atoms with Crippen molar-refractivity contribution in [2.24, 2.45) is 0 Å². The van der Waals surface area contributed by atoms with Crippen LogP contribution in [0.5, 0.6) is 0 Å². The molecule has 1 heterocycles. The van der Waals surface area contributed by atoms with Crippen LogP contribution >= 0.6 is 0 Å². The summed E-state index contributed by atoms with van der Waals surface area (Å²) in [5.41, 5.74) is 5.52. The maximum Gasteiger partial charge on any atom is 0.251 e. The van der Waals surface area contributed by atoms with E-state index in [4.69, 9.17) is 4.42 Å². The molecule has 0 saturated carbocycles. The lowest BCUT2D eigenvalue weighted by Crippen LogP contribution is -3.11. The van der Waals surface area contributed by atoms with Crippen LogP contribution in [-0.4, -0.2) is 56.7 Å². The van der Waals surface area contributed by atoms with Gasteiger partial charge in [0.25, 0.3) is 5.91 Å². The molecule has 0 aliphatic carbocycles. The van der Waals surface area contributed by atoms with Crippen molar-refractivity contribution >= 4 is 38.6 Å². The molecular formula is C42H51N3O6S. The molecule has 5 aromatic rings. The maximum atomic E-state index is 13.8.